The summed E-state index contributed by atoms with van der Waals surface area (Å²) < 4.78 is 32.8. The molecule has 0 aromatic heterocycles. The molecule has 0 saturated carbocycles. The minimum atomic E-state index is -3.60. The predicted octanol–water partition coefficient (Wildman–Crippen LogP) is -1.04. The highest BCUT2D eigenvalue weighted by Crippen LogP contribution is 2.21. The Bertz CT molecular complexity index is 750. The first-order chi connectivity index (χ1) is 12.8. The molecule has 2 fully saturated rings. The van der Waals surface area contributed by atoms with Gasteiger partial charge in [-0.1, -0.05) is 0 Å². The van der Waals surface area contributed by atoms with Crippen LogP contribution in [0.2, 0.25) is 0 Å². The number of carbonyl (C=O) groups excluding carboxylic acids is 1. The highest BCUT2D eigenvalue weighted by atomic mass is 32.2. The molecule has 2 aliphatic rings. The third-order valence-corrected chi connectivity index (χ3v) is 6.86. The fourth-order valence-electron chi connectivity index (χ4n) is 3.46. The van der Waals surface area contributed by atoms with Crippen LogP contribution in [0.4, 0.5) is 0 Å². The van der Waals surface area contributed by atoms with Gasteiger partial charge in [0.25, 0.3) is 5.91 Å². The number of piperazine rings is 1. The Balaban J connectivity index is 1.66. The number of ether oxygens (including phenoxy) is 1. The molecular weight excluding hydrogens is 368 g/mol. The topological polar surface area (TPSA) is 83.4 Å². The summed E-state index contributed by atoms with van der Waals surface area (Å²) in [5.74, 6) is -0.216. The van der Waals surface area contributed by atoms with E-state index in [4.69, 9.17) is 4.74 Å². The molecule has 0 bridgehead atoms. The lowest BCUT2D eigenvalue weighted by Gasteiger charge is -2.34. The third-order valence-electron chi connectivity index (χ3n) is 5.02. The van der Waals surface area contributed by atoms with E-state index in [1.54, 1.807) is 12.1 Å². The molecule has 27 heavy (non-hydrogen) atoms. The van der Waals surface area contributed by atoms with Gasteiger partial charge in [-0.3, -0.25) is 10.2 Å². The van der Waals surface area contributed by atoms with Crippen LogP contribution < -0.4 is 10.3 Å². The summed E-state index contributed by atoms with van der Waals surface area (Å²) in [7, 11) is -1.46. The number of sulfonamides is 1. The molecule has 2 aliphatic heterocycles. The number of hydrogen-bond acceptors (Lipinski definition) is 5. The lowest BCUT2D eigenvalue weighted by Crippen LogP contribution is -3.12. The number of hydrogen-bond donors (Lipinski definition) is 2. The van der Waals surface area contributed by atoms with Gasteiger partial charge in [0.05, 0.1) is 50.3 Å². The lowest BCUT2D eigenvalue weighted by molar-refractivity contribution is -0.884. The summed E-state index contributed by atoms with van der Waals surface area (Å²) in [5.41, 5.74) is 3.34. The monoisotopic (exact) mass is 397 g/mol. The van der Waals surface area contributed by atoms with Gasteiger partial charge in [0.15, 0.2) is 0 Å². The van der Waals surface area contributed by atoms with Crippen LogP contribution in [0.15, 0.2) is 29.2 Å². The normalized spacial score (nSPS) is 26.0. The molecule has 2 atom stereocenters. The van der Waals surface area contributed by atoms with E-state index in [1.807, 2.05) is 18.9 Å². The van der Waals surface area contributed by atoms with Crippen LogP contribution in [-0.4, -0.2) is 82.2 Å². The summed E-state index contributed by atoms with van der Waals surface area (Å²) in [5, 5.41) is 1.91. The van der Waals surface area contributed by atoms with Gasteiger partial charge < -0.3 is 9.64 Å². The SMILES string of the molecule is C[C@@H]1CN(S(=O)(=O)c2ccc(C(=O)NN3CC[NH+](C)CC3)cc2)C[C@H](C)O1. The minimum absolute atomic E-state index is 0.140. The summed E-state index contributed by atoms with van der Waals surface area (Å²) in [6.45, 7) is 7.97. The molecular formula is C18H29N4O4S+. The quantitative estimate of drug-likeness (QED) is 0.678. The minimum Gasteiger partial charge on any atom is -0.373 e. The number of morpholine rings is 1. The van der Waals surface area contributed by atoms with E-state index in [2.05, 4.69) is 12.5 Å². The van der Waals surface area contributed by atoms with Crippen molar-refractivity contribution in [3.63, 3.8) is 0 Å². The summed E-state index contributed by atoms with van der Waals surface area (Å²) >= 11 is 0. The number of quaternary nitrogens is 1. The van der Waals surface area contributed by atoms with Crippen LogP contribution in [-0.2, 0) is 14.8 Å². The molecule has 0 radical (unpaired) electrons. The van der Waals surface area contributed by atoms with Crippen molar-refractivity contribution in [2.45, 2.75) is 31.0 Å². The maximum absolute atomic E-state index is 12.9. The van der Waals surface area contributed by atoms with Crippen molar-refractivity contribution in [1.82, 2.24) is 14.7 Å². The highest BCUT2D eigenvalue weighted by molar-refractivity contribution is 7.89. The molecule has 8 nitrogen and oxygen atoms in total. The standard InChI is InChI=1S/C18H28N4O4S/c1-14-12-22(13-15(2)26-14)27(24,25)17-6-4-16(5-7-17)18(23)19-21-10-8-20(3)9-11-21/h4-7,14-15H,8-13H2,1-3H3,(H,19,23)/p+1/t14-,15+. The second-order valence-electron chi connectivity index (χ2n) is 7.49. The molecule has 0 spiro atoms. The molecule has 150 valence electrons. The Morgan fingerprint density at radius 1 is 1.11 bits per heavy atom. The van der Waals surface area contributed by atoms with Gasteiger partial charge in [-0.25, -0.2) is 13.4 Å². The van der Waals surface area contributed by atoms with Crippen molar-refractivity contribution < 1.29 is 22.8 Å². The number of benzene rings is 1. The van der Waals surface area contributed by atoms with Crippen LogP contribution in [0.1, 0.15) is 24.2 Å². The molecule has 1 aromatic rings. The number of nitrogens with zero attached hydrogens (tertiary/aromatic N) is 2. The number of likely N-dealkylation sites (N-methyl/N-ethyl adjacent to an activating group) is 1. The molecule has 2 N–H and O–H groups in total. The number of hydrazine groups is 1. The van der Waals surface area contributed by atoms with Crippen LogP contribution in [0.3, 0.4) is 0 Å². The predicted molar refractivity (Wildman–Crippen MR) is 101 cm³/mol. The maximum atomic E-state index is 12.9. The van der Waals surface area contributed by atoms with Gasteiger partial charge in [-0.2, -0.15) is 4.31 Å². The first-order valence-electron chi connectivity index (χ1n) is 9.38. The van der Waals surface area contributed by atoms with E-state index < -0.39 is 10.0 Å². The van der Waals surface area contributed by atoms with Gasteiger partial charge in [-0.15, -0.1) is 0 Å². The van der Waals surface area contributed by atoms with Gasteiger partial charge in [-0.05, 0) is 38.1 Å². The highest BCUT2D eigenvalue weighted by Gasteiger charge is 2.32. The lowest BCUT2D eigenvalue weighted by atomic mass is 10.2. The Labute approximate surface area is 161 Å². The number of rotatable bonds is 4. The van der Waals surface area contributed by atoms with E-state index in [1.165, 1.54) is 21.3 Å². The summed E-state index contributed by atoms with van der Waals surface area (Å²) in [6, 6.07) is 6.14. The van der Waals surface area contributed by atoms with Crippen molar-refractivity contribution in [3.8, 4) is 0 Å². The third kappa shape index (κ3) is 4.85. The molecule has 0 aliphatic carbocycles. The average Bonchev–Trinajstić information content (AvgIpc) is 2.63. The fraction of sp³-hybridized carbons (Fsp3) is 0.611. The van der Waals surface area contributed by atoms with Gasteiger partial charge in [0.2, 0.25) is 10.0 Å². The molecule has 3 rings (SSSR count). The molecule has 1 aromatic carbocycles. The van der Waals surface area contributed by atoms with Crippen LogP contribution in [0.25, 0.3) is 0 Å². The first-order valence-corrected chi connectivity index (χ1v) is 10.8. The van der Waals surface area contributed by atoms with Crippen LogP contribution >= 0.6 is 0 Å². The Hall–Kier alpha value is -1.52. The van der Waals surface area contributed by atoms with E-state index in [9.17, 15) is 13.2 Å². The molecule has 2 saturated heterocycles. The Kier molecular flexibility index (Phi) is 6.17. The zero-order valence-electron chi connectivity index (χ0n) is 16.1. The van der Waals surface area contributed by atoms with Gasteiger partial charge in [0, 0.05) is 18.7 Å². The smallest absolute Gasteiger partial charge is 0.265 e. The molecule has 1 amide bonds. The van der Waals surface area contributed by atoms with Crippen molar-refractivity contribution in [2.24, 2.45) is 0 Å². The van der Waals surface area contributed by atoms with E-state index in [-0.39, 0.29) is 23.0 Å². The van der Waals surface area contributed by atoms with Gasteiger partial charge in [0.1, 0.15) is 0 Å². The van der Waals surface area contributed by atoms with E-state index in [0.29, 0.717) is 18.7 Å². The second kappa shape index (κ2) is 8.24. The first kappa shape index (κ1) is 20.2. The zero-order chi connectivity index (χ0) is 19.6. The number of carbonyl (C=O) groups is 1. The van der Waals surface area contributed by atoms with Gasteiger partial charge >= 0.3 is 0 Å². The molecule has 0 unspecified atom stereocenters. The second-order valence-corrected chi connectivity index (χ2v) is 9.43. The fourth-order valence-corrected chi connectivity index (χ4v) is 5.05. The van der Waals surface area contributed by atoms with E-state index >= 15 is 0 Å². The number of amides is 1. The molecule has 9 heteroatoms. The van der Waals surface area contributed by atoms with Crippen LogP contribution in [0, 0.1) is 0 Å². The Morgan fingerprint density at radius 2 is 1.67 bits per heavy atom. The van der Waals surface area contributed by atoms with Crippen molar-refractivity contribution in [3.05, 3.63) is 29.8 Å². The van der Waals surface area contributed by atoms with Crippen molar-refractivity contribution in [1.29, 1.82) is 0 Å². The largest absolute Gasteiger partial charge is 0.373 e. The summed E-state index contributed by atoms with van der Waals surface area (Å²) in [4.78, 5) is 14.1. The average molecular weight is 398 g/mol. The summed E-state index contributed by atoms with van der Waals surface area (Å²) in [6.07, 6.45) is -0.280. The van der Waals surface area contributed by atoms with Crippen molar-refractivity contribution in [2.75, 3.05) is 46.3 Å². The number of nitrogens with one attached hydrogen (secondary N) is 2. The van der Waals surface area contributed by atoms with Crippen LogP contribution in [0.5, 0.6) is 0 Å². The molecule has 2 heterocycles. The maximum Gasteiger partial charge on any atom is 0.265 e. The Morgan fingerprint density at radius 3 is 2.22 bits per heavy atom. The van der Waals surface area contributed by atoms with Crippen molar-refractivity contribution >= 4 is 15.9 Å². The van der Waals surface area contributed by atoms with E-state index in [0.717, 1.165) is 26.2 Å². The zero-order valence-corrected chi connectivity index (χ0v) is 17.0.